The van der Waals surface area contributed by atoms with Gasteiger partial charge in [0, 0.05) is 49.3 Å². The zero-order valence-electron chi connectivity index (χ0n) is 18.6. The van der Waals surface area contributed by atoms with Crippen LogP contribution in [0.25, 0.3) is 0 Å². The largest absolute Gasteiger partial charge is 0.356 e. The molecule has 4 rings (SSSR count). The van der Waals surface area contributed by atoms with Gasteiger partial charge in [-0.2, -0.15) is 0 Å². The van der Waals surface area contributed by atoms with Crippen molar-refractivity contribution in [3.63, 3.8) is 0 Å². The number of aryl methyl sites for hydroxylation is 1. The second kappa shape index (κ2) is 9.15. The SMILES string of the molecule is Cc1nc(C2CCN(C(=O)C(C)C)CC2)nc2c1CCCN2CCc1ccccc1. The van der Waals surface area contributed by atoms with Crippen LogP contribution < -0.4 is 4.90 Å². The van der Waals surface area contributed by atoms with Crippen LogP contribution in [0.5, 0.6) is 0 Å². The van der Waals surface area contributed by atoms with E-state index in [1.165, 1.54) is 17.5 Å². The molecule has 0 N–H and O–H groups in total. The minimum absolute atomic E-state index is 0.0713. The van der Waals surface area contributed by atoms with Crippen LogP contribution in [0.15, 0.2) is 30.3 Å². The summed E-state index contributed by atoms with van der Waals surface area (Å²) in [4.78, 5) is 26.8. The average molecular weight is 407 g/mol. The Balaban J connectivity index is 1.49. The first-order chi connectivity index (χ1) is 14.5. The molecule has 1 saturated heterocycles. The number of hydrogen-bond acceptors (Lipinski definition) is 4. The third-order valence-electron chi connectivity index (χ3n) is 6.54. The number of amides is 1. The van der Waals surface area contributed by atoms with Gasteiger partial charge in [0.15, 0.2) is 0 Å². The molecule has 0 bridgehead atoms. The number of fused-ring (bicyclic) bond motifs is 1. The van der Waals surface area contributed by atoms with Crippen molar-refractivity contribution in [1.29, 1.82) is 0 Å². The van der Waals surface area contributed by atoms with Gasteiger partial charge in [0.2, 0.25) is 5.91 Å². The van der Waals surface area contributed by atoms with Crippen molar-refractivity contribution >= 4 is 11.7 Å². The first-order valence-electron chi connectivity index (χ1n) is 11.5. The molecular formula is C25H34N4O. The number of carbonyl (C=O) groups is 1. The molecule has 160 valence electrons. The third kappa shape index (κ3) is 4.50. The number of nitrogens with zero attached hydrogens (tertiary/aromatic N) is 4. The highest BCUT2D eigenvalue weighted by Crippen LogP contribution is 2.32. The fourth-order valence-corrected chi connectivity index (χ4v) is 4.74. The van der Waals surface area contributed by atoms with Gasteiger partial charge in [-0.05, 0) is 44.6 Å². The molecule has 1 aromatic carbocycles. The Morgan fingerprint density at radius 3 is 2.53 bits per heavy atom. The molecule has 0 spiro atoms. The van der Waals surface area contributed by atoms with E-state index in [9.17, 15) is 4.79 Å². The van der Waals surface area contributed by atoms with Crippen LogP contribution in [-0.2, 0) is 17.6 Å². The standard InChI is InChI=1S/C25H34N4O/c1-18(2)25(30)29-16-12-21(13-17-29)23-26-19(3)22-10-7-14-28(24(22)27-23)15-11-20-8-5-4-6-9-20/h4-6,8-9,18,21H,7,10-17H2,1-3H3. The van der Waals surface area contributed by atoms with Crippen molar-refractivity contribution in [3.8, 4) is 0 Å². The van der Waals surface area contributed by atoms with Gasteiger partial charge in [-0.3, -0.25) is 4.79 Å². The highest BCUT2D eigenvalue weighted by molar-refractivity contribution is 5.78. The lowest BCUT2D eigenvalue weighted by atomic mass is 9.94. The number of carbonyl (C=O) groups excluding carboxylic acids is 1. The van der Waals surface area contributed by atoms with Gasteiger partial charge >= 0.3 is 0 Å². The third-order valence-corrected chi connectivity index (χ3v) is 6.54. The van der Waals surface area contributed by atoms with Gasteiger partial charge in [0.25, 0.3) is 0 Å². The van der Waals surface area contributed by atoms with Crippen molar-refractivity contribution in [2.24, 2.45) is 5.92 Å². The molecule has 2 aromatic rings. The van der Waals surface area contributed by atoms with E-state index in [1.54, 1.807) is 0 Å². The van der Waals surface area contributed by atoms with Crippen molar-refractivity contribution in [3.05, 3.63) is 53.0 Å². The molecule has 30 heavy (non-hydrogen) atoms. The summed E-state index contributed by atoms with van der Waals surface area (Å²) in [5.74, 6) is 2.82. The number of piperidine rings is 1. The van der Waals surface area contributed by atoms with Crippen molar-refractivity contribution < 1.29 is 4.79 Å². The van der Waals surface area contributed by atoms with Crippen molar-refractivity contribution in [1.82, 2.24) is 14.9 Å². The van der Waals surface area contributed by atoms with Crippen molar-refractivity contribution in [2.45, 2.75) is 58.8 Å². The number of likely N-dealkylation sites (tertiary alicyclic amines) is 1. The van der Waals surface area contributed by atoms with Crippen LogP contribution in [0, 0.1) is 12.8 Å². The number of benzene rings is 1. The fourth-order valence-electron chi connectivity index (χ4n) is 4.74. The number of anilines is 1. The quantitative estimate of drug-likeness (QED) is 0.749. The lowest BCUT2D eigenvalue weighted by molar-refractivity contribution is -0.135. The minimum Gasteiger partial charge on any atom is -0.356 e. The number of aromatic nitrogens is 2. The van der Waals surface area contributed by atoms with E-state index in [2.05, 4.69) is 42.2 Å². The lowest BCUT2D eigenvalue weighted by Gasteiger charge is -2.34. The predicted molar refractivity (Wildman–Crippen MR) is 121 cm³/mol. The van der Waals surface area contributed by atoms with Gasteiger partial charge < -0.3 is 9.80 Å². The summed E-state index contributed by atoms with van der Waals surface area (Å²) < 4.78 is 0. The van der Waals surface area contributed by atoms with Gasteiger partial charge in [0.1, 0.15) is 11.6 Å². The second-order valence-corrected chi connectivity index (χ2v) is 9.05. The lowest BCUT2D eigenvalue weighted by Crippen LogP contribution is -2.40. The predicted octanol–water partition coefficient (Wildman–Crippen LogP) is 4.14. The smallest absolute Gasteiger partial charge is 0.225 e. The summed E-state index contributed by atoms with van der Waals surface area (Å²) in [6, 6.07) is 10.7. The Bertz CT molecular complexity index is 872. The topological polar surface area (TPSA) is 49.3 Å². The Labute approximate surface area is 180 Å². The van der Waals surface area contributed by atoms with E-state index in [0.717, 1.165) is 69.2 Å². The summed E-state index contributed by atoms with van der Waals surface area (Å²) in [7, 11) is 0. The second-order valence-electron chi connectivity index (χ2n) is 9.05. The molecule has 0 saturated carbocycles. The molecule has 5 nitrogen and oxygen atoms in total. The molecule has 0 atom stereocenters. The monoisotopic (exact) mass is 406 g/mol. The Morgan fingerprint density at radius 1 is 1.10 bits per heavy atom. The molecule has 0 radical (unpaired) electrons. The summed E-state index contributed by atoms with van der Waals surface area (Å²) >= 11 is 0. The summed E-state index contributed by atoms with van der Waals surface area (Å²) in [5.41, 5.74) is 3.84. The van der Waals surface area contributed by atoms with Gasteiger partial charge in [-0.25, -0.2) is 9.97 Å². The Kier molecular flexibility index (Phi) is 6.35. The first-order valence-corrected chi connectivity index (χ1v) is 11.5. The van der Waals surface area contributed by atoms with E-state index < -0.39 is 0 Å². The average Bonchev–Trinajstić information content (AvgIpc) is 2.78. The first kappa shape index (κ1) is 20.8. The Morgan fingerprint density at radius 2 is 1.83 bits per heavy atom. The number of hydrogen-bond donors (Lipinski definition) is 0. The van der Waals surface area contributed by atoms with Crippen LogP contribution >= 0.6 is 0 Å². The Hall–Kier alpha value is -2.43. The van der Waals surface area contributed by atoms with Crippen LogP contribution in [0.1, 0.15) is 61.7 Å². The van der Waals surface area contributed by atoms with E-state index in [0.29, 0.717) is 5.92 Å². The molecule has 3 heterocycles. The molecule has 0 unspecified atom stereocenters. The van der Waals surface area contributed by atoms with E-state index in [-0.39, 0.29) is 11.8 Å². The molecule has 1 amide bonds. The minimum atomic E-state index is 0.0713. The van der Waals surface area contributed by atoms with Gasteiger partial charge in [-0.1, -0.05) is 44.2 Å². The molecule has 5 heteroatoms. The van der Waals surface area contributed by atoms with Gasteiger partial charge in [0.05, 0.1) is 0 Å². The molecule has 2 aliphatic rings. The zero-order valence-corrected chi connectivity index (χ0v) is 18.6. The van der Waals surface area contributed by atoms with E-state index in [4.69, 9.17) is 9.97 Å². The van der Waals surface area contributed by atoms with Gasteiger partial charge in [-0.15, -0.1) is 0 Å². The molecule has 0 aliphatic carbocycles. The molecule has 2 aliphatic heterocycles. The number of rotatable bonds is 5. The highest BCUT2D eigenvalue weighted by Gasteiger charge is 2.29. The normalized spacial score (nSPS) is 17.3. The molecular weight excluding hydrogens is 372 g/mol. The summed E-state index contributed by atoms with van der Waals surface area (Å²) in [6.07, 6.45) is 5.20. The maximum absolute atomic E-state index is 12.3. The maximum Gasteiger partial charge on any atom is 0.225 e. The fraction of sp³-hybridized carbons (Fsp3) is 0.560. The summed E-state index contributed by atoms with van der Waals surface area (Å²) in [6.45, 7) is 9.80. The highest BCUT2D eigenvalue weighted by atomic mass is 16.2. The van der Waals surface area contributed by atoms with E-state index >= 15 is 0 Å². The van der Waals surface area contributed by atoms with Crippen LogP contribution in [0.2, 0.25) is 0 Å². The summed E-state index contributed by atoms with van der Waals surface area (Å²) in [5, 5.41) is 0. The maximum atomic E-state index is 12.3. The van der Waals surface area contributed by atoms with Crippen LogP contribution in [0.4, 0.5) is 5.82 Å². The van der Waals surface area contributed by atoms with E-state index in [1.807, 2.05) is 18.7 Å². The zero-order chi connectivity index (χ0) is 21.1. The van der Waals surface area contributed by atoms with Crippen LogP contribution in [-0.4, -0.2) is 47.0 Å². The molecule has 1 aromatic heterocycles. The molecule has 1 fully saturated rings. The van der Waals surface area contributed by atoms with Crippen molar-refractivity contribution in [2.75, 3.05) is 31.1 Å². The van der Waals surface area contributed by atoms with Crippen LogP contribution in [0.3, 0.4) is 0 Å².